The fourth-order valence-electron chi connectivity index (χ4n) is 5.99. The Balaban J connectivity index is 1.08. The minimum atomic E-state index is 0.0329. The van der Waals surface area contributed by atoms with Crippen molar-refractivity contribution in [2.45, 2.75) is 62.9 Å². The summed E-state index contributed by atoms with van der Waals surface area (Å²) in [5, 5.41) is 4.22. The predicted octanol–water partition coefficient (Wildman–Crippen LogP) is 3.28. The Morgan fingerprint density at radius 2 is 2.03 bits per heavy atom. The van der Waals surface area contributed by atoms with Crippen molar-refractivity contribution in [1.82, 2.24) is 29.3 Å². The first-order valence-electron chi connectivity index (χ1n) is 11.8. The van der Waals surface area contributed by atoms with Gasteiger partial charge in [0, 0.05) is 42.9 Å². The molecule has 0 bridgehead atoms. The summed E-state index contributed by atoms with van der Waals surface area (Å²) in [5.74, 6) is 0.531. The van der Waals surface area contributed by atoms with Crippen LogP contribution in [0.2, 0.25) is 0 Å². The molecule has 3 aromatic rings. The summed E-state index contributed by atoms with van der Waals surface area (Å²) in [6, 6.07) is 2.00. The van der Waals surface area contributed by atoms with Crippen LogP contribution >= 0.6 is 11.3 Å². The maximum atomic E-state index is 6.54. The number of piperidine rings is 1. The van der Waals surface area contributed by atoms with Crippen LogP contribution in [0.25, 0.3) is 11.0 Å². The molecule has 1 spiro atoms. The van der Waals surface area contributed by atoms with Crippen LogP contribution in [0, 0.1) is 0 Å². The van der Waals surface area contributed by atoms with E-state index in [1.807, 2.05) is 18.5 Å². The second kappa shape index (κ2) is 8.37. The van der Waals surface area contributed by atoms with Gasteiger partial charge in [0.2, 0.25) is 0 Å². The number of nitrogens with zero attached hydrogens (tertiary/aromatic N) is 6. The molecule has 2 N–H and O–H groups in total. The van der Waals surface area contributed by atoms with Gasteiger partial charge in [0.05, 0.1) is 18.0 Å². The highest BCUT2D eigenvalue weighted by Gasteiger charge is 2.44. The summed E-state index contributed by atoms with van der Waals surface area (Å²) in [7, 11) is 0. The molecule has 6 rings (SSSR count). The molecule has 3 aliphatic heterocycles. The van der Waals surface area contributed by atoms with E-state index >= 15 is 0 Å². The smallest absolute Gasteiger partial charge is 0.147 e. The van der Waals surface area contributed by atoms with Gasteiger partial charge in [-0.05, 0) is 51.1 Å². The number of aromatic nitrogens is 4. The zero-order valence-electron chi connectivity index (χ0n) is 18.4. The third kappa shape index (κ3) is 3.71. The van der Waals surface area contributed by atoms with Crippen LogP contribution in [0.5, 0.6) is 0 Å². The molecule has 0 saturated carbocycles. The number of nitrogen functional groups attached to an aromatic ring is 1. The van der Waals surface area contributed by atoms with Crippen molar-refractivity contribution >= 4 is 28.2 Å². The molecule has 3 aromatic heterocycles. The number of rotatable bonds is 5. The van der Waals surface area contributed by atoms with E-state index in [-0.39, 0.29) is 12.3 Å². The van der Waals surface area contributed by atoms with E-state index in [0.717, 1.165) is 37.0 Å². The van der Waals surface area contributed by atoms with Gasteiger partial charge in [-0.15, -0.1) is 11.3 Å². The summed E-state index contributed by atoms with van der Waals surface area (Å²) in [6.45, 7) is 5.58. The lowest BCUT2D eigenvalue weighted by Gasteiger charge is -2.45. The average molecular weight is 454 g/mol. The van der Waals surface area contributed by atoms with Crippen LogP contribution in [0.1, 0.15) is 49.8 Å². The number of hydrogen-bond acceptors (Lipinski definition) is 8. The van der Waals surface area contributed by atoms with Gasteiger partial charge in [-0.2, -0.15) is 0 Å². The second-order valence-corrected chi connectivity index (χ2v) is 10.5. The fourth-order valence-corrected chi connectivity index (χ4v) is 6.65. The third-order valence-electron chi connectivity index (χ3n) is 7.73. The van der Waals surface area contributed by atoms with Crippen LogP contribution in [0.15, 0.2) is 30.2 Å². The Kier molecular flexibility index (Phi) is 5.37. The number of anilines is 1. The van der Waals surface area contributed by atoms with Crippen LogP contribution in [-0.2, 0) is 11.3 Å². The first-order chi connectivity index (χ1) is 15.7. The topological polar surface area (TPSA) is 85.3 Å². The van der Waals surface area contributed by atoms with Crippen molar-refractivity contribution in [3.05, 3.63) is 35.2 Å². The quantitative estimate of drug-likeness (QED) is 0.634. The van der Waals surface area contributed by atoms with Crippen LogP contribution in [-0.4, -0.2) is 67.1 Å². The summed E-state index contributed by atoms with van der Waals surface area (Å²) >= 11 is 1.77. The summed E-state index contributed by atoms with van der Waals surface area (Å²) < 4.78 is 8.67. The van der Waals surface area contributed by atoms with E-state index in [9.17, 15) is 0 Å². The van der Waals surface area contributed by atoms with Crippen LogP contribution < -0.4 is 5.73 Å². The highest BCUT2D eigenvalue weighted by molar-refractivity contribution is 7.09. The molecule has 0 amide bonds. The lowest BCUT2D eigenvalue weighted by molar-refractivity contribution is -0.0340. The van der Waals surface area contributed by atoms with Crippen molar-refractivity contribution in [3.8, 4) is 0 Å². The Labute approximate surface area is 192 Å². The van der Waals surface area contributed by atoms with E-state index in [1.165, 1.54) is 56.7 Å². The van der Waals surface area contributed by atoms with E-state index in [2.05, 4.69) is 34.7 Å². The van der Waals surface area contributed by atoms with Gasteiger partial charge in [0.1, 0.15) is 29.0 Å². The molecule has 3 aliphatic rings. The molecule has 3 fully saturated rings. The van der Waals surface area contributed by atoms with Crippen LogP contribution in [0.4, 0.5) is 5.82 Å². The number of fused-ring (bicyclic) bond motifs is 1. The third-order valence-corrected chi connectivity index (χ3v) is 8.49. The molecule has 9 heteroatoms. The molecular weight excluding hydrogens is 422 g/mol. The summed E-state index contributed by atoms with van der Waals surface area (Å²) in [6.07, 6.45) is 13.1. The maximum Gasteiger partial charge on any atom is 0.147 e. The molecule has 6 heterocycles. The maximum absolute atomic E-state index is 6.54. The lowest BCUT2D eigenvalue weighted by atomic mass is 9.84. The minimum Gasteiger partial charge on any atom is -0.383 e. The number of hydrogen-bond donors (Lipinski definition) is 1. The van der Waals surface area contributed by atoms with E-state index in [4.69, 9.17) is 10.5 Å². The van der Waals surface area contributed by atoms with Crippen molar-refractivity contribution in [2.24, 2.45) is 0 Å². The molecular formula is C23H31N7OS. The lowest BCUT2D eigenvalue weighted by Crippen LogP contribution is -2.53. The highest BCUT2D eigenvalue weighted by Crippen LogP contribution is 2.40. The van der Waals surface area contributed by atoms with E-state index in [1.54, 1.807) is 11.3 Å². The number of likely N-dealkylation sites (tertiary alicyclic amines) is 2. The van der Waals surface area contributed by atoms with Crippen molar-refractivity contribution in [3.63, 3.8) is 0 Å². The molecule has 8 nitrogen and oxygen atoms in total. The Hall–Kier alpha value is -2.07. The van der Waals surface area contributed by atoms with E-state index in [0.29, 0.717) is 11.4 Å². The first-order valence-corrected chi connectivity index (χ1v) is 12.7. The molecule has 32 heavy (non-hydrogen) atoms. The fraction of sp³-hybridized carbons (Fsp3) is 0.609. The molecule has 2 atom stereocenters. The largest absolute Gasteiger partial charge is 0.383 e. The van der Waals surface area contributed by atoms with Gasteiger partial charge in [-0.1, -0.05) is 0 Å². The van der Waals surface area contributed by atoms with Gasteiger partial charge < -0.3 is 15.0 Å². The van der Waals surface area contributed by atoms with Crippen molar-refractivity contribution in [1.29, 1.82) is 0 Å². The monoisotopic (exact) mass is 453 g/mol. The molecule has 2 unspecified atom stereocenters. The summed E-state index contributed by atoms with van der Waals surface area (Å²) in [5.41, 5.74) is 7.25. The molecule has 3 saturated heterocycles. The summed E-state index contributed by atoms with van der Waals surface area (Å²) in [4.78, 5) is 18.4. The van der Waals surface area contributed by atoms with Crippen molar-refractivity contribution < 1.29 is 4.74 Å². The minimum absolute atomic E-state index is 0.0329. The zero-order chi connectivity index (χ0) is 21.5. The Bertz CT molecular complexity index is 1060. The number of nitrogens with two attached hydrogens (primary N) is 1. The van der Waals surface area contributed by atoms with Gasteiger partial charge in [-0.25, -0.2) is 15.0 Å². The molecule has 170 valence electrons. The normalized spacial score (nSPS) is 26.5. The number of thiazole rings is 1. The first kappa shape index (κ1) is 20.5. The standard InChI is InChI=1S/C23H31N7OS/c24-21-18-4-10-30(22(18)27-16-26-21)20-3-2-17(31-20)14-29-9-1-5-23(29)6-11-28(12-7-23)15-19-25-8-13-32-19/h4,8,10,13,16-17,20H,1-3,5-7,9,11-12,14-15H2,(H2,24,26,27). The molecule has 0 radical (unpaired) electrons. The number of ether oxygens (including phenoxy) is 1. The van der Waals surface area contributed by atoms with Crippen molar-refractivity contribution in [2.75, 3.05) is 31.9 Å². The predicted molar refractivity (Wildman–Crippen MR) is 125 cm³/mol. The van der Waals surface area contributed by atoms with Crippen LogP contribution in [0.3, 0.4) is 0 Å². The highest BCUT2D eigenvalue weighted by atomic mass is 32.1. The Morgan fingerprint density at radius 3 is 2.88 bits per heavy atom. The average Bonchev–Trinajstić information content (AvgIpc) is 3.59. The van der Waals surface area contributed by atoms with Gasteiger partial charge in [0.15, 0.2) is 0 Å². The second-order valence-electron chi connectivity index (χ2n) is 9.49. The van der Waals surface area contributed by atoms with Gasteiger partial charge >= 0.3 is 0 Å². The molecule has 0 aliphatic carbocycles. The molecule has 0 aromatic carbocycles. The zero-order valence-corrected chi connectivity index (χ0v) is 19.2. The van der Waals surface area contributed by atoms with E-state index < -0.39 is 0 Å². The van der Waals surface area contributed by atoms with Gasteiger partial charge in [0.25, 0.3) is 0 Å². The SMILES string of the molecule is Nc1ncnc2c1ccn2C1CCC(CN2CCCC23CCN(Cc2nccs2)CC3)O1. The van der Waals surface area contributed by atoms with Gasteiger partial charge in [-0.3, -0.25) is 9.80 Å². The Morgan fingerprint density at radius 1 is 1.12 bits per heavy atom.